The SMILES string of the molecule is O=C(NCCCc1nc(-c2ccc(F)cc2)no1)c1ccc(=O)[nH]n1. The maximum atomic E-state index is 12.9. The molecular weight excluding hydrogens is 329 g/mol. The lowest BCUT2D eigenvalue weighted by atomic mass is 10.2. The summed E-state index contributed by atoms with van der Waals surface area (Å²) < 4.78 is 18.0. The van der Waals surface area contributed by atoms with Crippen LogP contribution in [0.2, 0.25) is 0 Å². The summed E-state index contributed by atoms with van der Waals surface area (Å²) in [6.45, 7) is 0.383. The Kier molecular flexibility index (Phi) is 4.93. The number of carbonyl (C=O) groups is 1. The second-order valence-electron chi connectivity index (χ2n) is 5.18. The fourth-order valence-corrected chi connectivity index (χ4v) is 2.08. The first-order valence-electron chi connectivity index (χ1n) is 7.54. The zero-order valence-electron chi connectivity index (χ0n) is 13.0. The van der Waals surface area contributed by atoms with Gasteiger partial charge in [-0.1, -0.05) is 5.16 Å². The van der Waals surface area contributed by atoms with Crippen molar-refractivity contribution in [3.05, 3.63) is 64.2 Å². The monoisotopic (exact) mass is 343 g/mol. The van der Waals surface area contributed by atoms with Crippen LogP contribution >= 0.6 is 0 Å². The van der Waals surface area contributed by atoms with E-state index in [1.807, 2.05) is 0 Å². The van der Waals surface area contributed by atoms with Gasteiger partial charge in [-0.25, -0.2) is 9.49 Å². The van der Waals surface area contributed by atoms with Gasteiger partial charge in [0.1, 0.15) is 11.5 Å². The Bertz CT molecular complexity index is 900. The van der Waals surface area contributed by atoms with Crippen LogP contribution in [0.5, 0.6) is 0 Å². The number of hydrogen-bond donors (Lipinski definition) is 2. The molecule has 0 aliphatic carbocycles. The molecule has 0 fully saturated rings. The number of halogens is 1. The van der Waals surface area contributed by atoms with Gasteiger partial charge in [0.05, 0.1) is 0 Å². The average Bonchev–Trinajstić information content (AvgIpc) is 3.09. The van der Waals surface area contributed by atoms with Crippen LogP contribution in [0.3, 0.4) is 0 Å². The van der Waals surface area contributed by atoms with E-state index < -0.39 is 0 Å². The number of nitrogens with one attached hydrogen (secondary N) is 2. The summed E-state index contributed by atoms with van der Waals surface area (Å²) in [6.07, 6.45) is 1.06. The summed E-state index contributed by atoms with van der Waals surface area (Å²) >= 11 is 0. The third kappa shape index (κ3) is 4.34. The predicted molar refractivity (Wildman–Crippen MR) is 85.2 cm³/mol. The van der Waals surface area contributed by atoms with Crippen molar-refractivity contribution in [2.24, 2.45) is 0 Å². The van der Waals surface area contributed by atoms with Crippen LogP contribution < -0.4 is 10.9 Å². The van der Waals surface area contributed by atoms with Gasteiger partial charge < -0.3 is 9.84 Å². The first-order valence-corrected chi connectivity index (χ1v) is 7.54. The molecule has 2 N–H and O–H groups in total. The van der Waals surface area contributed by atoms with Crippen LogP contribution in [0.15, 0.2) is 45.7 Å². The van der Waals surface area contributed by atoms with Gasteiger partial charge >= 0.3 is 0 Å². The molecule has 0 unspecified atom stereocenters. The molecule has 128 valence electrons. The lowest BCUT2D eigenvalue weighted by molar-refractivity contribution is 0.0947. The van der Waals surface area contributed by atoms with E-state index in [9.17, 15) is 14.0 Å². The van der Waals surface area contributed by atoms with Crippen LogP contribution in [0, 0.1) is 5.82 Å². The van der Waals surface area contributed by atoms with Crippen molar-refractivity contribution in [1.29, 1.82) is 0 Å². The highest BCUT2D eigenvalue weighted by Crippen LogP contribution is 2.16. The Morgan fingerprint density at radius 3 is 2.72 bits per heavy atom. The zero-order chi connectivity index (χ0) is 17.6. The number of H-pyrrole nitrogens is 1. The van der Waals surface area contributed by atoms with Crippen molar-refractivity contribution < 1.29 is 13.7 Å². The fraction of sp³-hybridized carbons (Fsp3) is 0.188. The molecule has 0 saturated carbocycles. The standard InChI is InChI=1S/C16H14FN5O3/c17-11-5-3-10(4-6-11)15-19-14(25-22-15)2-1-9-18-16(24)12-7-8-13(23)21-20-12/h3-8H,1-2,9H2,(H,18,24)(H,21,23). The maximum absolute atomic E-state index is 12.9. The number of hydrogen-bond acceptors (Lipinski definition) is 6. The smallest absolute Gasteiger partial charge is 0.271 e. The molecule has 0 bridgehead atoms. The van der Waals surface area contributed by atoms with E-state index in [1.165, 1.54) is 24.3 Å². The van der Waals surface area contributed by atoms with Crippen molar-refractivity contribution in [3.63, 3.8) is 0 Å². The number of amides is 1. The van der Waals surface area contributed by atoms with Gasteiger partial charge in [-0.15, -0.1) is 0 Å². The number of rotatable bonds is 6. The van der Waals surface area contributed by atoms with E-state index >= 15 is 0 Å². The van der Waals surface area contributed by atoms with E-state index in [4.69, 9.17) is 4.52 Å². The fourth-order valence-electron chi connectivity index (χ4n) is 2.08. The molecular formula is C16H14FN5O3. The molecule has 8 nitrogen and oxygen atoms in total. The van der Waals surface area contributed by atoms with E-state index in [0.29, 0.717) is 36.7 Å². The first-order chi connectivity index (χ1) is 12.1. The molecule has 1 aromatic carbocycles. The minimum atomic E-state index is -0.381. The Hall–Kier alpha value is -3.36. The maximum Gasteiger partial charge on any atom is 0.271 e. The van der Waals surface area contributed by atoms with Crippen LogP contribution in [-0.4, -0.2) is 32.8 Å². The molecule has 2 aromatic heterocycles. The van der Waals surface area contributed by atoms with Crippen LogP contribution in [0.25, 0.3) is 11.4 Å². The molecule has 3 rings (SSSR count). The molecule has 25 heavy (non-hydrogen) atoms. The Balaban J connectivity index is 1.48. The van der Waals surface area contributed by atoms with Gasteiger partial charge in [0.2, 0.25) is 11.7 Å². The highest BCUT2D eigenvalue weighted by molar-refractivity contribution is 5.91. The lowest BCUT2D eigenvalue weighted by Crippen LogP contribution is -2.26. The molecule has 3 aromatic rings. The molecule has 0 aliphatic heterocycles. The third-order valence-electron chi connectivity index (χ3n) is 3.34. The summed E-state index contributed by atoms with van der Waals surface area (Å²) in [5.41, 5.74) is 0.426. The molecule has 9 heteroatoms. The Morgan fingerprint density at radius 2 is 2.00 bits per heavy atom. The molecule has 2 heterocycles. The lowest BCUT2D eigenvalue weighted by Gasteiger charge is -2.02. The van der Waals surface area contributed by atoms with Crippen LogP contribution in [-0.2, 0) is 6.42 Å². The van der Waals surface area contributed by atoms with Crippen molar-refractivity contribution in [1.82, 2.24) is 25.7 Å². The Labute approximate surface area is 141 Å². The average molecular weight is 343 g/mol. The quantitative estimate of drug-likeness (QED) is 0.653. The van der Waals surface area contributed by atoms with Gasteiger partial charge in [0, 0.05) is 24.6 Å². The second kappa shape index (κ2) is 7.47. The number of aromatic amines is 1. The number of carbonyl (C=O) groups excluding carboxylic acids is 1. The minimum Gasteiger partial charge on any atom is -0.351 e. The van der Waals surface area contributed by atoms with Gasteiger partial charge in [-0.05, 0) is 36.8 Å². The number of aryl methyl sites for hydroxylation is 1. The van der Waals surface area contributed by atoms with E-state index in [2.05, 4.69) is 25.7 Å². The third-order valence-corrected chi connectivity index (χ3v) is 3.34. The van der Waals surface area contributed by atoms with E-state index in [0.717, 1.165) is 0 Å². The number of nitrogens with zero attached hydrogens (tertiary/aromatic N) is 3. The summed E-state index contributed by atoms with van der Waals surface area (Å²) in [7, 11) is 0. The van der Waals surface area contributed by atoms with Crippen molar-refractivity contribution in [2.45, 2.75) is 12.8 Å². The second-order valence-corrected chi connectivity index (χ2v) is 5.18. The van der Waals surface area contributed by atoms with Crippen LogP contribution in [0.4, 0.5) is 4.39 Å². The summed E-state index contributed by atoms with van der Waals surface area (Å²) in [5, 5.41) is 12.4. The highest BCUT2D eigenvalue weighted by Gasteiger charge is 2.10. The van der Waals surface area contributed by atoms with Crippen molar-refractivity contribution >= 4 is 5.91 Å². The van der Waals surface area contributed by atoms with E-state index in [-0.39, 0.29) is 23.0 Å². The van der Waals surface area contributed by atoms with Gasteiger partial charge in [0.25, 0.3) is 11.5 Å². The molecule has 0 saturated heterocycles. The zero-order valence-corrected chi connectivity index (χ0v) is 13.0. The molecule has 0 spiro atoms. The van der Waals surface area contributed by atoms with E-state index in [1.54, 1.807) is 12.1 Å². The predicted octanol–water partition coefficient (Wildman–Crippen LogP) is 1.32. The van der Waals surface area contributed by atoms with Crippen molar-refractivity contribution in [3.8, 4) is 11.4 Å². The highest BCUT2D eigenvalue weighted by atomic mass is 19.1. The Morgan fingerprint density at radius 1 is 1.20 bits per heavy atom. The summed E-state index contributed by atoms with van der Waals surface area (Å²) in [5.74, 6) is 0.0983. The molecule has 0 radical (unpaired) electrons. The normalized spacial score (nSPS) is 10.6. The summed E-state index contributed by atoms with van der Waals surface area (Å²) in [6, 6.07) is 8.37. The molecule has 0 atom stereocenters. The molecule has 1 amide bonds. The van der Waals surface area contributed by atoms with Gasteiger partial charge in [-0.2, -0.15) is 10.1 Å². The topological polar surface area (TPSA) is 114 Å². The molecule has 0 aliphatic rings. The summed E-state index contributed by atoms with van der Waals surface area (Å²) in [4.78, 5) is 26.9. The number of benzene rings is 1. The van der Waals surface area contributed by atoms with Gasteiger partial charge in [-0.3, -0.25) is 9.59 Å². The largest absolute Gasteiger partial charge is 0.351 e. The minimum absolute atomic E-state index is 0.135. The first kappa shape index (κ1) is 16.5. The van der Waals surface area contributed by atoms with Crippen LogP contribution in [0.1, 0.15) is 22.8 Å². The number of aromatic nitrogens is 4. The van der Waals surface area contributed by atoms with Gasteiger partial charge in [0.15, 0.2) is 0 Å². The van der Waals surface area contributed by atoms with Crippen molar-refractivity contribution in [2.75, 3.05) is 6.54 Å².